The first-order valence-corrected chi connectivity index (χ1v) is 6.64. The Bertz CT molecular complexity index is 150. The summed E-state index contributed by atoms with van der Waals surface area (Å²) in [6, 6.07) is 0. The molecule has 3 nitrogen and oxygen atoms in total. The first kappa shape index (κ1) is 15.9. The first-order chi connectivity index (χ1) is 7.70. The maximum absolute atomic E-state index is 5.99. The van der Waals surface area contributed by atoms with Gasteiger partial charge in [-0.1, -0.05) is 20.8 Å². The molecule has 0 bridgehead atoms. The molecular formula is C13H30N2O. The second-order valence-corrected chi connectivity index (χ2v) is 4.47. The molecule has 98 valence electrons. The quantitative estimate of drug-likeness (QED) is 0.585. The van der Waals surface area contributed by atoms with E-state index in [1.54, 1.807) is 7.11 Å². The van der Waals surface area contributed by atoms with E-state index in [0.29, 0.717) is 0 Å². The van der Waals surface area contributed by atoms with Gasteiger partial charge in [-0.15, -0.1) is 0 Å². The van der Waals surface area contributed by atoms with Gasteiger partial charge >= 0.3 is 0 Å². The van der Waals surface area contributed by atoms with E-state index >= 15 is 0 Å². The predicted octanol–water partition coefficient (Wildman–Crippen LogP) is 2.25. The predicted molar refractivity (Wildman–Crippen MR) is 70.7 cm³/mol. The summed E-state index contributed by atoms with van der Waals surface area (Å²) in [6.45, 7) is 10.6. The largest absolute Gasteiger partial charge is 0.385 e. The van der Waals surface area contributed by atoms with Crippen molar-refractivity contribution in [3.63, 3.8) is 0 Å². The second kappa shape index (κ2) is 8.97. The Balaban J connectivity index is 4.44. The van der Waals surface area contributed by atoms with Gasteiger partial charge in [-0.3, -0.25) is 4.90 Å². The lowest BCUT2D eigenvalue weighted by Crippen LogP contribution is -2.53. The van der Waals surface area contributed by atoms with Gasteiger partial charge in [-0.25, -0.2) is 0 Å². The van der Waals surface area contributed by atoms with Gasteiger partial charge in [0.2, 0.25) is 0 Å². The van der Waals surface area contributed by atoms with Crippen LogP contribution in [0, 0.1) is 0 Å². The zero-order valence-electron chi connectivity index (χ0n) is 11.6. The Labute approximate surface area is 101 Å². The molecule has 0 aromatic rings. The van der Waals surface area contributed by atoms with E-state index in [2.05, 4.69) is 25.7 Å². The molecule has 0 rings (SSSR count). The SMILES string of the molecule is CCCN(CCCOC)C(CC)(CC)CN. The highest BCUT2D eigenvalue weighted by molar-refractivity contribution is 4.89. The highest BCUT2D eigenvalue weighted by Crippen LogP contribution is 2.23. The maximum atomic E-state index is 5.99. The highest BCUT2D eigenvalue weighted by Gasteiger charge is 2.30. The lowest BCUT2D eigenvalue weighted by Gasteiger charge is -2.42. The van der Waals surface area contributed by atoms with Gasteiger partial charge in [-0.2, -0.15) is 0 Å². The number of methoxy groups -OCH3 is 1. The van der Waals surface area contributed by atoms with Crippen LogP contribution >= 0.6 is 0 Å². The molecule has 0 spiro atoms. The summed E-state index contributed by atoms with van der Waals surface area (Å²) < 4.78 is 5.13. The van der Waals surface area contributed by atoms with E-state index < -0.39 is 0 Å². The molecule has 0 radical (unpaired) electrons. The van der Waals surface area contributed by atoms with Crippen LogP contribution in [-0.2, 0) is 4.74 Å². The number of hydrogen-bond donors (Lipinski definition) is 1. The number of rotatable bonds is 10. The van der Waals surface area contributed by atoms with E-state index in [1.165, 1.54) is 6.42 Å². The molecule has 0 aromatic heterocycles. The molecule has 0 saturated carbocycles. The second-order valence-electron chi connectivity index (χ2n) is 4.47. The molecule has 0 saturated heterocycles. The Kier molecular flexibility index (Phi) is 8.90. The lowest BCUT2D eigenvalue weighted by atomic mass is 9.90. The number of nitrogens with two attached hydrogens (primary N) is 1. The number of nitrogens with zero attached hydrogens (tertiary/aromatic N) is 1. The topological polar surface area (TPSA) is 38.5 Å². The average molecular weight is 230 g/mol. The minimum atomic E-state index is 0.198. The molecule has 0 fully saturated rings. The van der Waals surface area contributed by atoms with Crippen molar-refractivity contribution in [2.24, 2.45) is 5.73 Å². The maximum Gasteiger partial charge on any atom is 0.0474 e. The van der Waals surface area contributed by atoms with Crippen LogP contribution in [0.2, 0.25) is 0 Å². The molecule has 0 aliphatic carbocycles. The summed E-state index contributed by atoms with van der Waals surface area (Å²) >= 11 is 0. The molecule has 16 heavy (non-hydrogen) atoms. The summed E-state index contributed by atoms with van der Waals surface area (Å²) in [4.78, 5) is 2.56. The normalized spacial score (nSPS) is 12.4. The minimum Gasteiger partial charge on any atom is -0.385 e. The fraction of sp³-hybridized carbons (Fsp3) is 1.00. The van der Waals surface area contributed by atoms with Gasteiger partial charge in [0, 0.05) is 32.3 Å². The van der Waals surface area contributed by atoms with Gasteiger partial charge < -0.3 is 10.5 Å². The van der Waals surface area contributed by atoms with Crippen molar-refractivity contribution in [3.8, 4) is 0 Å². The van der Waals surface area contributed by atoms with Crippen molar-refractivity contribution in [2.45, 2.75) is 52.0 Å². The lowest BCUT2D eigenvalue weighted by molar-refractivity contribution is 0.0722. The third-order valence-electron chi connectivity index (χ3n) is 3.64. The van der Waals surface area contributed by atoms with E-state index in [1.807, 2.05) is 0 Å². The van der Waals surface area contributed by atoms with Gasteiger partial charge in [0.1, 0.15) is 0 Å². The zero-order chi connectivity index (χ0) is 12.4. The van der Waals surface area contributed by atoms with Crippen molar-refractivity contribution in [3.05, 3.63) is 0 Å². The van der Waals surface area contributed by atoms with E-state index in [9.17, 15) is 0 Å². The molecule has 0 aliphatic rings. The molecule has 2 N–H and O–H groups in total. The molecule has 3 heteroatoms. The first-order valence-electron chi connectivity index (χ1n) is 6.64. The van der Waals surface area contributed by atoms with Crippen LogP contribution in [0.5, 0.6) is 0 Å². The summed E-state index contributed by atoms with van der Waals surface area (Å²) in [5, 5.41) is 0. The van der Waals surface area contributed by atoms with Crippen LogP contribution in [0.1, 0.15) is 46.5 Å². The molecular weight excluding hydrogens is 200 g/mol. The van der Waals surface area contributed by atoms with Crippen LogP contribution < -0.4 is 5.73 Å². The Morgan fingerprint density at radius 1 is 1.12 bits per heavy atom. The summed E-state index contributed by atoms with van der Waals surface area (Å²) in [7, 11) is 1.76. The molecule has 0 heterocycles. The fourth-order valence-corrected chi connectivity index (χ4v) is 2.37. The average Bonchev–Trinajstić information content (AvgIpc) is 2.32. The monoisotopic (exact) mass is 230 g/mol. The zero-order valence-corrected chi connectivity index (χ0v) is 11.6. The molecule has 0 atom stereocenters. The summed E-state index contributed by atoms with van der Waals surface area (Å²) in [6.07, 6.45) is 4.55. The van der Waals surface area contributed by atoms with Crippen LogP contribution in [-0.4, -0.2) is 43.8 Å². The van der Waals surface area contributed by atoms with Gasteiger partial charge in [0.15, 0.2) is 0 Å². The van der Waals surface area contributed by atoms with Crippen molar-refractivity contribution >= 4 is 0 Å². The van der Waals surface area contributed by atoms with Gasteiger partial charge in [0.25, 0.3) is 0 Å². The van der Waals surface area contributed by atoms with Gasteiger partial charge in [0.05, 0.1) is 0 Å². The van der Waals surface area contributed by atoms with Gasteiger partial charge in [-0.05, 0) is 32.2 Å². The molecule has 0 aliphatic heterocycles. The molecule has 0 amide bonds. The Hall–Kier alpha value is -0.120. The van der Waals surface area contributed by atoms with Crippen molar-refractivity contribution in [1.82, 2.24) is 4.90 Å². The Morgan fingerprint density at radius 3 is 2.12 bits per heavy atom. The van der Waals surface area contributed by atoms with E-state index in [0.717, 1.165) is 45.5 Å². The minimum absolute atomic E-state index is 0.198. The van der Waals surface area contributed by atoms with Crippen molar-refractivity contribution in [2.75, 3.05) is 33.4 Å². The van der Waals surface area contributed by atoms with Crippen LogP contribution in [0.4, 0.5) is 0 Å². The molecule has 0 unspecified atom stereocenters. The summed E-state index contributed by atoms with van der Waals surface area (Å²) in [5.74, 6) is 0. The van der Waals surface area contributed by atoms with Crippen LogP contribution in [0.15, 0.2) is 0 Å². The van der Waals surface area contributed by atoms with Crippen LogP contribution in [0.25, 0.3) is 0 Å². The van der Waals surface area contributed by atoms with E-state index in [-0.39, 0.29) is 5.54 Å². The summed E-state index contributed by atoms with van der Waals surface area (Å²) in [5.41, 5.74) is 6.19. The number of hydrogen-bond acceptors (Lipinski definition) is 3. The highest BCUT2D eigenvalue weighted by atomic mass is 16.5. The third kappa shape index (κ3) is 4.40. The Morgan fingerprint density at radius 2 is 1.75 bits per heavy atom. The number of ether oxygens (including phenoxy) is 1. The standard InChI is InChI=1S/C13H30N2O/c1-5-9-15(10-8-11-16-4)13(6-2,7-3)12-14/h5-12,14H2,1-4H3. The molecule has 0 aromatic carbocycles. The van der Waals surface area contributed by atoms with Crippen LogP contribution in [0.3, 0.4) is 0 Å². The van der Waals surface area contributed by atoms with Crippen molar-refractivity contribution < 1.29 is 4.74 Å². The third-order valence-corrected chi connectivity index (χ3v) is 3.64. The fourth-order valence-electron chi connectivity index (χ4n) is 2.37. The van der Waals surface area contributed by atoms with E-state index in [4.69, 9.17) is 10.5 Å². The van der Waals surface area contributed by atoms with Crippen molar-refractivity contribution in [1.29, 1.82) is 0 Å². The smallest absolute Gasteiger partial charge is 0.0474 e.